The lowest BCUT2D eigenvalue weighted by atomic mass is 9.99. The van der Waals surface area contributed by atoms with E-state index in [0.29, 0.717) is 18.4 Å². The van der Waals surface area contributed by atoms with Gasteiger partial charge in [-0.1, -0.05) is 24.3 Å². The summed E-state index contributed by atoms with van der Waals surface area (Å²) in [6.07, 6.45) is 2.87. The summed E-state index contributed by atoms with van der Waals surface area (Å²) in [5, 5.41) is 6.62. The van der Waals surface area contributed by atoms with Gasteiger partial charge in [0.15, 0.2) is 5.84 Å². The van der Waals surface area contributed by atoms with Gasteiger partial charge in [0.1, 0.15) is 5.82 Å². The summed E-state index contributed by atoms with van der Waals surface area (Å²) in [7, 11) is 0. The van der Waals surface area contributed by atoms with Gasteiger partial charge >= 0.3 is 0 Å². The molecule has 1 aromatic heterocycles. The molecule has 4 rings (SSSR count). The van der Waals surface area contributed by atoms with Crippen LogP contribution in [0.3, 0.4) is 0 Å². The zero-order valence-corrected chi connectivity index (χ0v) is 14.6. The van der Waals surface area contributed by atoms with E-state index in [4.69, 9.17) is 11.5 Å². The number of hydrogen-bond donors (Lipinski definition) is 4. The van der Waals surface area contributed by atoms with E-state index >= 15 is 0 Å². The van der Waals surface area contributed by atoms with Crippen molar-refractivity contribution in [2.45, 2.75) is 12.5 Å². The second-order valence-corrected chi connectivity index (χ2v) is 6.58. The Labute approximate surface area is 152 Å². The van der Waals surface area contributed by atoms with Crippen molar-refractivity contribution >= 4 is 11.7 Å². The number of nitrogens with zero attached hydrogens (tertiary/aromatic N) is 4. The third kappa shape index (κ3) is 3.22. The quantitative estimate of drug-likeness (QED) is 0.615. The van der Waals surface area contributed by atoms with Crippen molar-refractivity contribution < 1.29 is 0 Å². The Bertz CT molecular complexity index is 788. The van der Waals surface area contributed by atoms with E-state index in [1.54, 1.807) is 6.20 Å². The molecule has 0 saturated carbocycles. The predicted octanol–water partition coefficient (Wildman–Crippen LogP) is 0.350. The van der Waals surface area contributed by atoms with Gasteiger partial charge in [0, 0.05) is 43.5 Å². The van der Waals surface area contributed by atoms with Crippen molar-refractivity contribution in [3.05, 3.63) is 48.2 Å². The van der Waals surface area contributed by atoms with E-state index in [1.807, 2.05) is 24.3 Å². The molecule has 0 amide bonds. The molecule has 1 aromatic carbocycles. The lowest BCUT2D eigenvalue weighted by molar-refractivity contribution is 0.215. The molecule has 1 saturated heterocycles. The number of nitrogens with two attached hydrogens (primary N) is 2. The Kier molecular flexibility index (Phi) is 4.70. The van der Waals surface area contributed by atoms with Gasteiger partial charge in [-0.15, -0.1) is 10.6 Å². The first kappa shape index (κ1) is 16.8. The number of nitrogens with one attached hydrogen (secondary N) is 2. The van der Waals surface area contributed by atoms with Gasteiger partial charge < -0.3 is 11.5 Å². The summed E-state index contributed by atoms with van der Waals surface area (Å²) in [5.41, 5.74) is 20.7. The maximum Gasteiger partial charge on any atom is 0.173 e. The van der Waals surface area contributed by atoms with Crippen LogP contribution in [0, 0.1) is 0 Å². The molecule has 0 bridgehead atoms. The minimum absolute atomic E-state index is 0.341. The van der Waals surface area contributed by atoms with Gasteiger partial charge in [-0.05, 0) is 24.1 Å². The molecule has 2 aliphatic heterocycles. The topological polar surface area (TPSA) is 108 Å². The van der Waals surface area contributed by atoms with Crippen LogP contribution in [0.1, 0.15) is 12.0 Å². The van der Waals surface area contributed by atoms with Crippen molar-refractivity contribution in [1.82, 2.24) is 26.0 Å². The normalized spacial score (nSPS) is 20.3. The van der Waals surface area contributed by atoms with Gasteiger partial charge in [0.25, 0.3) is 0 Å². The van der Waals surface area contributed by atoms with Gasteiger partial charge in [0.2, 0.25) is 0 Å². The molecule has 0 radical (unpaired) electrons. The molecule has 1 fully saturated rings. The molecular weight excluding hydrogens is 328 g/mol. The zero-order valence-electron chi connectivity index (χ0n) is 14.6. The highest BCUT2D eigenvalue weighted by molar-refractivity contribution is 6.04. The number of hydrazine groups is 2. The fourth-order valence-corrected chi connectivity index (χ4v) is 3.60. The number of amidine groups is 1. The Morgan fingerprint density at radius 3 is 2.77 bits per heavy atom. The third-order valence-corrected chi connectivity index (χ3v) is 4.88. The van der Waals surface area contributed by atoms with E-state index < -0.39 is 0 Å². The van der Waals surface area contributed by atoms with Gasteiger partial charge in [-0.3, -0.25) is 9.91 Å². The number of aromatic nitrogens is 1. The second kappa shape index (κ2) is 7.28. The Morgan fingerprint density at radius 2 is 2.00 bits per heavy atom. The Morgan fingerprint density at radius 1 is 1.15 bits per heavy atom. The van der Waals surface area contributed by atoms with Crippen LogP contribution in [-0.2, 0) is 0 Å². The van der Waals surface area contributed by atoms with Crippen LogP contribution >= 0.6 is 0 Å². The first-order chi connectivity index (χ1) is 12.8. The highest BCUT2D eigenvalue weighted by Gasteiger charge is 2.33. The summed E-state index contributed by atoms with van der Waals surface area (Å²) in [4.78, 5) is 6.61. The molecule has 1 atom stereocenters. The van der Waals surface area contributed by atoms with Gasteiger partial charge in [-0.25, -0.2) is 10.5 Å². The van der Waals surface area contributed by atoms with Crippen LogP contribution in [-0.4, -0.2) is 52.9 Å². The van der Waals surface area contributed by atoms with Crippen LogP contribution < -0.4 is 22.5 Å². The predicted molar refractivity (Wildman–Crippen MR) is 103 cm³/mol. The van der Waals surface area contributed by atoms with Crippen LogP contribution in [0.5, 0.6) is 0 Å². The number of rotatable bonds is 5. The van der Waals surface area contributed by atoms with Gasteiger partial charge in [-0.2, -0.15) is 0 Å². The molecule has 8 nitrogen and oxygen atoms in total. The molecule has 136 valence electrons. The van der Waals surface area contributed by atoms with Crippen molar-refractivity contribution in [2.24, 2.45) is 10.8 Å². The minimum Gasteiger partial charge on any atom is -0.384 e. The molecule has 3 heterocycles. The number of hydrazone groups is 1. The number of pyridine rings is 1. The van der Waals surface area contributed by atoms with Crippen LogP contribution in [0.15, 0.2) is 47.7 Å². The minimum atomic E-state index is 0.341. The molecule has 2 aliphatic rings. The first-order valence-corrected chi connectivity index (χ1v) is 8.87. The van der Waals surface area contributed by atoms with Crippen molar-refractivity contribution in [1.29, 1.82) is 0 Å². The number of likely N-dealkylation sites (tertiary alicyclic amines) is 1. The van der Waals surface area contributed by atoms with Crippen LogP contribution in [0.4, 0.5) is 5.82 Å². The smallest absolute Gasteiger partial charge is 0.173 e. The standard InChI is InChI=1S/C18H24N8/c19-8-10-25-9-7-14(12-25)26-18(22-23-24-26)16-4-2-1-3-15(16)13-5-6-17(20)21-11-13/h1-6,11,14,23-24H,7-10,12,19H2,(H2,20,21)/t14-/m1/s1. The lowest BCUT2D eigenvalue weighted by Crippen LogP contribution is -2.49. The van der Waals surface area contributed by atoms with E-state index in [2.05, 4.69) is 43.2 Å². The first-order valence-electron chi connectivity index (χ1n) is 8.87. The highest BCUT2D eigenvalue weighted by atomic mass is 15.8. The summed E-state index contributed by atoms with van der Waals surface area (Å²) < 4.78 is 0. The van der Waals surface area contributed by atoms with Crippen LogP contribution in [0.2, 0.25) is 0 Å². The monoisotopic (exact) mass is 352 g/mol. The molecule has 0 unspecified atom stereocenters. The zero-order chi connectivity index (χ0) is 17.9. The molecule has 6 N–H and O–H groups in total. The molecule has 8 heteroatoms. The SMILES string of the molecule is NCCN1CC[C@@H](N2NNN=C2c2ccccc2-c2ccc(N)nc2)C1. The molecule has 0 spiro atoms. The van der Waals surface area contributed by atoms with Crippen molar-refractivity contribution in [2.75, 3.05) is 31.9 Å². The molecule has 2 aromatic rings. The van der Waals surface area contributed by atoms with Crippen LogP contribution in [0.25, 0.3) is 11.1 Å². The maximum atomic E-state index is 5.73. The molecule has 26 heavy (non-hydrogen) atoms. The van der Waals surface area contributed by atoms with E-state index in [9.17, 15) is 0 Å². The fraction of sp³-hybridized carbons (Fsp3) is 0.333. The Balaban J connectivity index is 1.62. The second-order valence-electron chi connectivity index (χ2n) is 6.58. The lowest BCUT2D eigenvalue weighted by Gasteiger charge is -2.27. The summed E-state index contributed by atoms with van der Waals surface area (Å²) in [6.45, 7) is 3.64. The average molecular weight is 352 g/mol. The molecular formula is C18H24N8. The van der Waals surface area contributed by atoms with E-state index in [-0.39, 0.29) is 0 Å². The van der Waals surface area contributed by atoms with E-state index in [1.165, 1.54) is 0 Å². The maximum absolute atomic E-state index is 5.73. The number of nitrogen functional groups attached to an aromatic ring is 1. The number of hydrogen-bond acceptors (Lipinski definition) is 8. The van der Waals surface area contributed by atoms with Gasteiger partial charge in [0.05, 0.1) is 6.04 Å². The summed E-state index contributed by atoms with van der Waals surface area (Å²) >= 11 is 0. The number of benzene rings is 1. The largest absolute Gasteiger partial charge is 0.384 e. The average Bonchev–Trinajstić information content (AvgIpc) is 3.32. The molecule has 0 aliphatic carbocycles. The summed E-state index contributed by atoms with van der Waals surface area (Å²) in [5.74, 6) is 1.40. The van der Waals surface area contributed by atoms with Crippen molar-refractivity contribution in [3.63, 3.8) is 0 Å². The summed E-state index contributed by atoms with van der Waals surface area (Å²) in [6, 6.07) is 12.4. The fourth-order valence-electron chi connectivity index (χ4n) is 3.60. The van der Waals surface area contributed by atoms with Crippen molar-refractivity contribution in [3.8, 4) is 11.1 Å². The highest BCUT2D eigenvalue weighted by Crippen LogP contribution is 2.27. The number of anilines is 1. The van der Waals surface area contributed by atoms with E-state index in [0.717, 1.165) is 48.6 Å². The Hall–Kier alpha value is -2.68. The third-order valence-electron chi connectivity index (χ3n) is 4.88.